The second-order valence-electron chi connectivity index (χ2n) is 4.86. The molecule has 0 fully saturated rings. The maximum Gasteiger partial charge on any atom is 0.206 e. The summed E-state index contributed by atoms with van der Waals surface area (Å²) in [4.78, 5) is 12.6. The Balaban J connectivity index is 2.24. The van der Waals surface area contributed by atoms with Gasteiger partial charge < -0.3 is 24.1 Å². The summed E-state index contributed by atoms with van der Waals surface area (Å²) in [6, 6.07) is 8.11. The average Bonchev–Trinajstić information content (AvgIpc) is 2.56. The van der Waals surface area contributed by atoms with Crippen molar-refractivity contribution >= 4 is 11.0 Å². The molecule has 0 aliphatic heterocycles. The van der Waals surface area contributed by atoms with Crippen LogP contribution in [0.2, 0.25) is 0 Å². The zero-order valence-corrected chi connectivity index (χ0v) is 12.5. The third kappa shape index (κ3) is 2.34. The first-order valence-electron chi connectivity index (χ1n) is 6.75. The SMILES string of the molecule is COc1ccc(-c2coc3c(O)c(OC)c(O)cc3c2=O)cc1. The second-order valence-corrected chi connectivity index (χ2v) is 4.86. The van der Waals surface area contributed by atoms with E-state index in [0.717, 1.165) is 0 Å². The van der Waals surface area contributed by atoms with Gasteiger partial charge in [-0.3, -0.25) is 4.79 Å². The maximum absolute atomic E-state index is 12.6. The van der Waals surface area contributed by atoms with E-state index in [1.54, 1.807) is 31.4 Å². The molecule has 0 aliphatic rings. The standard InChI is InChI=1S/C17H14O6/c1-21-10-5-3-9(4-6-10)12-8-23-16-11(14(12)19)7-13(18)17(22-2)15(16)20/h3-8,18,20H,1-2H3. The van der Waals surface area contributed by atoms with E-state index < -0.39 is 5.75 Å². The summed E-state index contributed by atoms with van der Waals surface area (Å²) in [5, 5.41) is 20.0. The molecule has 0 aliphatic carbocycles. The molecule has 23 heavy (non-hydrogen) atoms. The minimum atomic E-state index is -0.416. The first-order chi connectivity index (χ1) is 11.1. The van der Waals surface area contributed by atoms with E-state index in [1.807, 2.05) is 0 Å². The molecule has 0 saturated carbocycles. The Morgan fingerprint density at radius 2 is 1.74 bits per heavy atom. The molecule has 3 rings (SSSR count). The van der Waals surface area contributed by atoms with Crippen molar-refractivity contribution in [3.8, 4) is 34.1 Å². The fourth-order valence-corrected chi connectivity index (χ4v) is 2.40. The largest absolute Gasteiger partial charge is 0.504 e. The van der Waals surface area contributed by atoms with Crippen LogP contribution in [0.15, 0.2) is 45.8 Å². The summed E-state index contributed by atoms with van der Waals surface area (Å²) in [5.74, 6) is -0.227. The molecule has 1 heterocycles. The van der Waals surface area contributed by atoms with Crippen LogP contribution in [-0.2, 0) is 0 Å². The van der Waals surface area contributed by atoms with Gasteiger partial charge in [0.1, 0.15) is 12.0 Å². The van der Waals surface area contributed by atoms with Crippen LogP contribution in [0, 0.1) is 0 Å². The zero-order chi connectivity index (χ0) is 16.6. The van der Waals surface area contributed by atoms with Crippen molar-refractivity contribution in [3.05, 3.63) is 46.8 Å². The van der Waals surface area contributed by atoms with Crippen molar-refractivity contribution in [1.29, 1.82) is 0 Å². The van der Waals surface area contributed by atoms with Crippen LogP contribution in [0.5, 0.6) is 23.0 Å². The van der Waals surface area contributed by atoms with Crippen LogP contribution in [-0.4, -0.2) is 24.4 Å². The number of phenols is 2. The summed E-state index contributed by atoms with van der Waals surface area (Å²) in [6.45, 7) is 0. The highest BCUT2D eigenvalue weighted by Crippen LogP contribution is 2.41. The molecule has 2 aromatic carbocycles. The molecule has 0 spiro atoms. The summed E-state index contributed by atoms with van der Waals surface area (Å²) in [5.41, 5.74) is 0.534. The molecular formula is C17H14O6. The normalized spacial score (nSPS) is 10.7. The lowest BCUT2D eigenvalue weighted by molar-refractivity contribution is 0.343. The van der Waals surface area contributed by atoms with Gasteiger partial charge in [-0.15, -0.1) is 0 Å². The summed E-state index contributed by atoms with van der Waals surface area (Å²) in [6.07, 6.45) is 1.27. The van der Waals surface area contributed by atoms with Gasteiger partial charge in [0, 0.05) is 0 Å². The van der Waals surface area contributed by atoms with Gasteiger partial charge in [0.25, 0.3) is 0 Å². The van der Waals surface area contributed by atoms with Gasteiger partial charge in [-0.25, -0.2) is 0 Å². The highest BCUT2D eigenvalue weighted by Gasteiger charge is 2.19. The van der Waals surface area contributed by atoms with Gasteiger partial charge in [-0.1, -0.05) is 12.1 Å². The van der Waals surface area contributed by atoms with Crippen LogP contribution < -0.4 is 14.9 Å². The van der Waals surface area contributed by atoms with E-state index in [9.17, 15) is 15.0 Å². The van der Waals surface area contributed by atoms with E-state index in [-0.39, 0.29) is 27.9 Å². The highest BCUT2D eigenvalue weighted by molar-refractivity contribution is 5.90. The average molecular weight is 314 g/mol. The molecule has 0 atom stereocenters. The van der Waals surface area contributed by atoms with Gasteiger partial charge in [-0.2, -0.15) is 0 Å². The quantitative estimate of drug-likeness (QED) is 0.772. The molecule has 6 heteroatoms. The lowest BCUT2D eigenvalue weighted by atomic mass is 10.0. The Morgan fingerprint density at radius 3 is 2.35 bits per heavy atom. The number of phenolic OH excluding ortho intramolecular Hbond substituents is 2. The predicted octanol–water partition coefficient (Wildman–Crippen LogP) is 2.89. The molecule has 0 radical (unpaired) electrons. The van der Waals surface area contributed by atoms with Crippen LogP contribution in [0.1, 0.15) is 0 Å². The Morgan fingerprint density at radius 1 is 1.04 bits per heavy atom. The van der Waals surface area contributed by atoms with Crippen molar-refractivity contribution in [2.75, 3.05) is 14.2 Å². The predicted molar refractivity (Wildman–Crippen MR) is 84.4 cm³/mol. The Kier molecular flexibility index (Phi) is 3.57. The van der Waals surface area contributed by atoms with Crippen molar-refractivity contribution < 1.29 is 24.1 Å². The zero-order valence-electron chi connectivity index (χ0n) is 12.5. The van der Waals surface area contributed by atoms with E-state index in [0.29, 0.717) is 16.9 Å². The molecule has 0 unspecified atom stereocenters. The Bertz CT molecular complexity index is 924. The number of fused-ring (bicyclic) bond motifs is 1. The minimum Gasteiger partial charge on any atom is -0.504 e. The molecule has 0 saturated heterocycles. The molecule has 0 bridgehead atoms. The van der Waals surface area contributed by atoms with Crippen LogP contribution in [0.4, 0.5) is 0 Å². The molecule has 2 N–H and O–H groups in total. The number of ether oxygens (including phenoxy) is 2. The molecular weight excluding hydrogens is 300 g/mol. The third-order valence-electron chi connectivity index (χ3n) is 3.58. The monoisotopic (exact) mass is 314 g/mol. The van der Waals surface area contributed by atoms with Gasteiger partial charge in [-0.05, 0) is 23.8 Å². The van der Waals surface area contributed by atoms with Crippen LogP contribution >= 0.6 is 0 Å². The van der Waals surface area contributed by atoms with Crippen molar-refractivity contribution in [3.63, 3.8) is 0 Å². The lowest BCUT2D eigenvalue weighted by Crippen LogP contribution is -2.05. The molecule has 3 aromatic rings. The number of aromatic hydroxyl groups is 2. The third-order valence-corrected chi connectivity index (χ3v) is 3.58. The summed E-state index contributed by atoms with van der Waals surface area (Å²) < 4.78 is 15.4. The van der Waals surface area contributed by atoms with Gasteiger partial charge in [0.15, 0.2) is 11.3 Å². The van der Waals surface area contributed by atoms with Crippen LogP contribution in [0.3, 0.4) is 0 Å². The van der Waals surface area contributed by atoms with Gasteiger partial charge in [0.05, 0.1) is 25.2 Å². The van der Waals surface area contributed by atoms with Gasteiger partial charge >= 0.3 is 0 Å². The highest BCUT2D eigenvalue weighted by atomic mass is 16.5. The molecule has 6 nitrogen and oxygen atoms in total. The smallest absolute Gasteiger partial charge is 0.206 e. The van der Waals surface area contributed by atoms with Crippen LogP contribution in [0.25, 0.3) is 22.1 Å². The fourth-order valence-electron chi connectivity index (χ4n) is 2.40. The van der Waals surface area contributed by atoms with E-state index in [2.05, 4.69) is 0 Å². The number of rotatable bonds is 3. The fraction of sp³-hybridized carbons (Fsp3) is 0.118. The second kappa shape index (κ2) is 5.57. The van der Waals surface area contributed by atoms with E-state index in [4.69, 9.17) is 13.9 Å². The Hall–Kier alpha value is -3.15. The maximum atomic E-state index is 12.6. The minimum absolute atomic E-state index is 0.0399. The van der Waals surface area contributed by atoms with E-state index in [1.165, 1.54) is 19.4 Å². The number of benzene rings is 2. The first-order valence-corrected chi connectivity index (χ1v) is 6.75. The molecule has 1 aromatic heterocycles. The number of hydrogen-bond acceptors (Lipinski definition) is 6. The number of methoxy groups -OCH3 is 2. The summed E-state index contributed by atoms with van der Waals surface area (Å²) in [7, 11) is 2.85. The molecule has 0 amide bonds. The van der Waals surface area contributed by atoms with Crippen molar-refractivity contribution in [1.82, 2.24) is 0 Å². The van der Waals surface area contributed by atoms with E-state index >= 15 is 0 Å². The summed E-state index contributed by atoms with van der Waals surface area (Å²) >= 11 is 0. The Labute approximate surface area is 131 Å². The first kappa shape index (κ1) is 14.8. The lowest BCUT2D eigenvalue weighted by Gasteiger charge is -2.09. The number of hydrogen-bond donors (Lipinski definition) is 2. The van der Waals surface area contributed by atoms with Gasteiger partial charge in [0.2, 0.25) is 16.9 Å². The molecule has 118 valence electrons. The topological polar surface area (TPSA) is 89.1 Å². The van der Waals surface area contributed by atoms with Crippen molar-refractivity contribution in [2.45, 2.75) is 0 Å². The van der Waals surface area contributed by atoms with Crippen molar-refractivity contribution in [2.24, 2.45) is 0 Å².